The summed E-state index contributed by atoms with van der Waals surface area (Å²) in [5.74, 6) is -0.213. The Morgan fingerprint density at radius 1 is 1.24 bits per heavy atom. The lowest BCUT2D eigenvalue weighted by Gasteiger charge is -2.10. The molecule has 2 aromatic rings. The Hall–Kier alpha value is -2.56. The molecule has 0 spiro atoms. The first-order valence-corrected chi connectivity index (χ1v) is 6.65. The van der Waals surface area contributed by atoms with Crippen molar-refractivity contribution in [2.45, 2.75) is 13.3 Å². The number of anilines is 2. The van der Waals surface area contributed by atoms with E-state index in [4.69, 9.17) is 10.5 Å². The normalized spacial score (nSPS) is 10.2. The Kier molecular flexibility index (Phi) is 4.77. The maximum atomic E-state index is 12.7. The molecule has 0 saturated carbocycles. The molecule has 0 unspecified atom stereocenters. The maximum absolute atomic E-state index is 12.7. The standard InChI is InChI=1S/C16H17FN2O2/c1-2-11-3-8-15(14(18)9-11)21-10-16(20)19-13-6-4-12(17)5-7-13/h3-9H,2,10,18H2,1H3,(H,19,20). The molecule has 0 saturated heterocycles. The van der Waals surface area contributed by atoms with Crippen molar-refractivity contribution < 1.29 is 13.9 Å². The lowest BCUT2D eigenvalue weighted by molar-refractivity contribution is -0.118. The van der Waals surface area contributed by atoms with Crippen molar-refractivity contribution >= 4 is 17.3 Å². The number of nitrogens with two attached hydrogens (primary N) is 1. The number of nitrogens with one attached hydrogen (secondary N) is 1. The zero-order valence-electron chi connectivity index (χ0n) is 11.7. The molecule has 2 rings (SSSR count). The third-order valence-corrected chi connectivity index (χ3v) is 2.97. The van der Waals surface area contributed by atoms with Gasteiger partial charge in [0.2, 0.25) is 0 Å². The van der Waals surface area contributed by atoms with Crippen LogP contribution in [0.15, 0.2) is 42.5 Å². The topological polar surface area (TPSA) is 64.3 Å². The molecule has 0 aliphatic rings. The van der Waals surface area contributed by atoms with Crippen LogP contribution in [0.5, 0.6) is 5.75 Å². The van der Waals surface area contributed by atoms with E-state index < -0.39 is 0 Å². The van der Waals surface area contributed by atoms with E-state index in [1.54, 1.807) is 6.07 Å². The molecular weight excluding hydrogens is 271 g/mol. The first kappa shape index (κ1) is 14.8. The zero-order valence-corrected chi connectivity index (χ0v) is 11.7. The second-order valence-electron chi connectivity index (χ2n) is 4.57. The summed E-state index contributed by atoms with van der Waals surface area (Å²) in [5.41, 5.74) is 7.98. The molecule has 1 amide bonds. The third kappa shape index (κ3) is 4.21. The van der Waals surface area contributed by atoms with Crippen LogP contribution in [0.25, 0.3) is 0 Å². The molecule has 0 atom stereocenters. The summed E-state index contributed by atoms with van der Waals surface area (Å²) < 4.78 is 18.1. The zero-order chi connectivity index (χ0) is 15.2. The van der Waals surface area contributed by atoms with Crippen LogP contribution in [0.1, 0.15) is 12.5 Å². The van der Waals surface area contributed by atoms with E-state index in [9.17, 15) is 9.18 Å². The van der Waals surface area contributed by atoms with Gasteiger partial charge in [-0.3, -0.25) is 4.79 Å². The van der Waals surface area contributed by atoms with Crippen LogP contribution in [0.4, 0.5) is 15.8 Å². The van der Waals surface area contributed by atoms with Gasteiger partial charge in [0, 0.05) is 5.69 Å². The molecule has 3 N–H and O–H groups in total. The number of carbonyl (C=O) groups excluding carboxylic acids is 1. The first-order valence-electron chi connectivity index (χ1n) is 6.65. The van der Waals surface area contributed by atoms with Crippen LogP contribution >= 0.6 is 0 Å². The average Bonchev–Trinajstić information content (AvgIpc) is 2.48. The predicted octanol–water partition coefficient (Wildman–Crippen LogP) is 2.99. The van der Waals surface area contributed by atoms with Gasteiger partial charge in [-0.25, -0.2) is 4.39 Å². The van der Waals surface area contributed by atoms with E-state index in [-0.39, 0.29) is 18.3 Å². The highest BCUT2D eigenvalue weighted by Gasteiger charge is 2.06. The number of benzene rings is 2. The van der Waals surface area contributed by atoms with Crippen molar-refractivity contribution in [2.24, 2.45) is 0 Å². The number of rotatable bonds is 5. The maximum Gasteiger partial charge on any atom is 0.262 e. The Labute approximate surface area is 122 Å². The molecule has 4 nitrogen and oxygen atoms in total. The van der Waals surface area contributed by atoms with Crippen LogP contribution in [0.2, 0.25) is 0 Å². The Balaban J connectivity index is 1.90. The molecule has 0 heterocycles. The van der Waals surface area contributed by atoms with Crippen LogP contribution in [0, 0.1) is 5.82 Å². The molecule has 5 heteroatoms. The van der Waals surface area contributed by atoms with E-state index in [1.165, 1.54) is 24.3 Å². The summed E-state index contributed by atoms with van der Waals surface area (Å²) >= 11 is 0. The molecule has 0 aliphatic carbocycles. The van der Waals surface area contributed by atoms with Crippen LogP contribution in [-0.2, 0) is 11.2 Å². The number of hydrogen-bond donors (Lipinski definition) is 2. The van der Waals surface area contributed by atoms with Gasteiger partial charge in [-0.05, 0) is 48.4 Å². The number of carbonyl (C=O) groups is 1. The Morgan fingerprint density at radius 3 is 2.57 bits per heavy atom. The second-order valence-corrected chi connectivity index (χ2v) is 4.57. The third-order valence-electron chi connectivity index (χ3n) is 2.97. The van der Waals surface area contributed by atoms with Crippen molar-refractivity contribution in [3.8, 4) is 5.75 Å². The van der Waals surface area contributed by atoms with Gasteiger partial charge in [-0.15, -0.1) is 0 Å². The number of aryl methyl sites for hydroxylation is 1. The summed E-state index contributed by atoms with van der Waals surface area (Å²) in [6.45, 7) is 1.87. The molecule has 0 bridgehead atoms. The molecule has 110 valence electrons. The number of ether oxygens (including phenoxy) is 1. The summed E-state index contributed by atoms with van der Waals surface area (Å²) in [7, 11) is 0. The van der Waals surface area contributed by atoms with Gasteiger partial charge in [-0.1, -0.05) is 13.0 Å². The van der Waals surface area contributed by atoms with Gasteiger partial charge in [0.25, 0.3) is 5.91 Å². The van der Waals surface area contributed by atoms with Gasteiger partial charge in [0.15, 0.2) is 6.61 Å². The van der Waals surface area contributed by atoms with E-state index in [0.29, 0.717) is 17.1 Å². The fraction of sp³-hybridized carbons (Fsp3) is 0.188. The summed E-state index contributed by atoms with van der Waals surface area (Å²) in [5, 5.41) is 2.61. The lowest BCUT2D eigenvalue weighted by Crippen LogP contribution is -2.20. The van der Waals surface area contributed by atoms with Crippen molar-refractivity contribution in [3.05, 3.63) is 53.8 Å². The minimum absolute atomic E-state index is 0.160. The number of hydrogen-bond acceptors (Lipinski definition) is 3. The average molecular weight is 288 g/mol. The summed E-state index contributed by atoms with van der Waals surface area (Å²) in [6, 6.07) is 11.0. The fourth-order valence-corrected chi connectivity index (χ4v) is 1.82. The fourth-order valence-electron chi connectivity index (χ4n) is 1.82. The number of nitrogen functional groups attached to an aromatic ring is 1. The molecule has 0 radical (unpaired) electrons. The van der Waals surface area contributed by atoms with E-state index in [0.717, 1.165) is 12.0 Å². The van der Waals surface area contributed by atoms with Gasteiger partial charge < -0.3 is 15.8 Å². The molecule has 0 fully saturated rings. The van der Waals surface area contributed by atoms with E-state index in [2.05, 4.69) is 5.32 Å². The quantitative estimate of drug-likeness (QED) is 0.831. The largest absolute Gasteiger partial charge is 0.482 e. The highest BCUT2D eigenvalue weighted by atomic mass is 19.1. The van der Waals surface area contributed by atoms with Gasteiger partial charge in [0.05, 0.1) is 5.69 Å². The Morgan fingerprint density at radius 2 is 1.95 bits per heavy atom. The number of halogens is 1. The minimum atomic E-state index is -0.354. The predicted molar refractivity (Wildman–Crippen MR) is 80.8 cm³/mol. The highest BCUT2D eigenvalue weighted by molar-refractivity contribution is 5.91. The van der Waals surface area contributed by atoms with Gasteiger partial charge in [0.1, 0.15) is 11.6 Å². The second kappa shape index (κ2) is 6.74. The van der Waals surface area contributed by atoms with Crippen LogP contribution in [-0.4, -0.2) is 12.5 Å². The minimum Gasteiger partial charge on any atom is -0.482 e. The van der Waals surface area contributed by atoms with Crippen molar-refractivity contribution in [1.29, 1.82) is 0 Å². The van der Waals surface area contributed by atoms with E-state index in [1.807, 2.05) is 19.1 Å². The monoisotopic (exact) mass is 288 g/mol. The van der Waals surface area contributed by atoms with Gasteiger partial charge >= 0.3 is 0 Å². The van der Waals surface area contributed by atoms with Crippen molar-refractivity contribution in [2.75, 3.05) is 17.7 Å². The summed E-state index contributed by atoms with van der Waals surface area (Å²) in [4.78, 5) is 11.7. The van der Waals surface area contributed by atoms with Crippen molar-refractivity contribution in [1.82, 2.24) is 0 Å². The molecule has 0 aromatic heterocycles. The van der Waals surface area contributed by atoms with Gasteiger partial charge in [-0.2, -0.15) is 0 Å². The van der Waals surface area contributed by atoms with Crippen LogP contribution < -0.4 is 15.8 Å². The van der Waals surface area contributed by atoms with Crippen LogP contribution in [0.3, 0.4) is 0 Å². The van der Waals surface area contributed by atoms with E-state index >= 15 is 0 Å². The molecular formula is C16H17FN2O2. The molecule has 0 aliphatic heterocycles. The SMILES string of the molecule is CCc1ccc(OCC(=O)Nc2ccc(F)cc2)c(N)c1. The number of amides is 1. The smallest absolute Gasteiger partial charge is 0.262 e. The summed E-state index contributed by atoms with van der Waals surface area (Å²) in [6.07, 6.45) is 0.884. The molecule has 21 heavy (non-hydrogen) atoms. The Bertz CT molecular complexity index is 627. The molecule has 2 aromatic carbocycles. The first-order chi connectivity index (χ1) is 10.1. The lowest BCUT2D eigenvalue weighted by atomic mass is 10.1. The van der Waals surface area contributed by atoms with Crippen molar-refractivity contribution in [3.63, 3.8) is 0 Å². The highest BCUT2D eigenvalue weighted by Crippen LogP contribution is 2.22.